The standard InChI is InChI=1S/C19H22N2O5/c1-11-15-9-13(26-12-5-3-2-4-6-12)7-8-14(15)18(24)17(21-11)19(25)20-10-16(22)23/h7-9,12,24H,2-6,10H2,1H3,(H,20,25)(H,22,23). The first kappa shape index (κ1) is 18.0. The van der Waals surface area contributed by atoms with Crippen molar-refractivity contribution in [2.75, 3.05) is 6.54 Å². The van der Waals surface area contributed by atoms with Gasteiger partial charge in [-0.2, -0.15) is 0 Å². The number of carboxylic acids is 1. The van der Waals surface area contributed by atoms with E-state index in [0.29, 0.717) is 16.5 Å². The molecule has 1 aromatic heterocycles. The number of fused-ring (bicyclic) bond motifs is 1. The van der Waals surface area contributed by atoms with Crippen LogP contribution in [0.3, 0.4) is 0 Å². The lowest BCUT2D eigenvalue weighted by atomic mass is 9.98. The third kappa shape index (κ3) is 3.87. The molecule has 0 bridgehead atoms. The number of carbonyl (C=O) groups is 2. The molecule has 0 radical (unpaired) electrons. The number of nitrogens with zero attached hydrogens (tertiary/aromatic N) is 1. The smallest absolute Gasteiger partial charge is 0.322 e. The average Bonchev–Trinajstić information content (AvgIpc) is 2.63. The zero-order valence-corrected chi connectivity index (χ0v) is 14.6. The molecule has 0 spiro atoms. The molecule has 1 heterocycles. The number of aromatic hydroxyl groups is 1. The number of pyridine rings is 1. The van der Waals surface area contributed by atoms with E-state index in [1.54, 1.807) is 19.1 Å². The number of ether oxygens (including phenoxy) is 1. The topological polar surface area (TPSA) is 109 Å². The highest BCUT2D eigenvalue weighted by Crippen LogP contribution is 2.33. The van der Waals surface area contributed by atoms with Crippen molar-refractivity contribution in [3.8, 4) is 11.5 Å². The number of rotatable bonds is 5. The first-order chi connectivity index (χ1) is 12.5. The molecule has 1 aliphatic carbocycles. The lowest BCUT2D eigenvalue weighted by molar-refractivity contribution is -0.135. The number of benzene rings is 1. The Hall–Kier alpha value is -2.83. The Labute approximate surface area is 151 Å². The summed E-state index contributed by atoms with van der Waals surface area (Å²) in [5.74, 6) is -1.44. The second-order valence-corrected chi connectivity index (χ2v) is 6.56. The Bertz CT molecular complexity index is 843. The van der Waals surface area contributed by atoms with E-state index in [1.165, 1.54) is 19.3 Å². The fourth-order valence-electron chi connectivity index (χ4n) is 3.28. The van der Waals surface area contributed by atoms with Crippen molar-refractivity contribution in [1.82, 2.24) is 10.3 Å². The molecule has 3 rings (SSSR count). The first-order valence-corrected chi connectivity index (χ1v) is 8.75. The zero-order chi connectivity index (χ0) is 18.7. The number of amides is 1. The van der Waals surface area contributed by atoms with E-state index in [9.17, 15) is 14.7 Å². The van der Waals surface area contributed by atoms with Gasteiger partial charge in [0.2, 0.25) is 0 Å². The number of carboxylic acid groups (broad SMARTS) is 1. The Morgan fingerprint density at radius 3 is 2.65 bits per heavy atom. The van der Waals surface area contributed by atoms with Gasteiger partial charge in [0.25, 0.3) is 5.91 Å². The van der Waals surface area contributed by atoms with Gasteiger partial charge in [-0.05, 0) is 50.8 Å². The van der Waals surface area contributed by atoms with E-state index < -0.39 is 18.4 Å². The monoisotopic (exact) mass is 358 g/mol. The summed E-state index contributed by atoms with van der Waals surface area (Å²) in [4.78, 5) is 26.8. The largest absolute Gasteiger partial charge is 0.505 e. The van der Waals surface area contributed by atoms with Crippen LogP contribution >= 0.6 is 0 Å². The maximum atomic E-state index is 12.1. The first-order valence-electron chi connectivity index (χ1n) is 8.75. The molecule has 2 aromatic rings. The van der Waals surface area contributed by atoms with Crippen molar-refractivity contribution in [3.63, 3.8) is 0 Å². The molecule has 3 N–H and O–H groups in total. The van der Waals surface area contributed by atoms with Gasteiger partial charge in [-0.15, -0.1) is 0 Å². The summed E-state index contributed by atoms with van der Waals surface area (Å²) < 4.78 is 6.05. The van der Waals surface area contributed by atoms with Crippen LogP contribution in [0.5, 0.6) is 11.5 Å². The predicted octanol–water partition coefficient (Wildman–Crippen LogP) is 2.77. The molecule has 0 atom stereocenters. The van der Waals surface area contributed by atoms with Gasteiger partial charge < -0.3 is 20.3 Å². The summed E-state index contributed by atoms with van der Waals surface area (Å²) >= 11 is 0. The minimum Gasteiger partial charge on any atom is -0.505 e. The second-order valence-electron chi connectivity index (χ2n) is 6.56. The van der Waals surface area contributed by atoms with Crippen LogP contribution in [0.4, 0.5) is 0 Å². The fraction of sp³-hybridized carbons (Fsp3) is 0.421. The van der Waals surface area contributed by atoms with Crippen LogP contribution in [0.15, 0.2) is 18.2 Å². The maximum Gasteiger partial charge on any atom is 0.322 e. The molecule has 0 saturated heterocycles. The molecule has 1 aliphatic rings. The van der Waals surface area contributed by atoms with Gasteiger partial charge in [0.1, 0.15) is 12.3 Å². The summed E-state index contributed by atoms with van der Waals surface area (Å²) in [6.07, 6.45) is 5.90. The van der Waals surface area contributed by atoms with E-state index in [-0.39, 0.29) is 17.5 Å². The molecule has 0 unspecified atom stereocenters. The molecular formula is C19H22N2O5. The molecule has 7 heteroatoms. The Morgan fingerprint density at radius 1 is 1.23 bits per heavy atom. The van der Waals surface area contributed by atoms with Gasteiger partial charge in [-0.3, -0.25) is 9.59 Å². The Balaban J connectivity index is 1.88. The quantitative estimate of drug-likeness (QED) is 0.758. The van der Waals surface area contributed by atoms with Crippen molar-refractivity contribution in [1.29, 1.82) is 0 Å². The average molecular weight is 358 g/mol. The number of aromatic nitrogens is 1. The van der Waals surface area contributed by atoms with E-state index >= 15 is 0 Å². The molecule has 1 amide bonds. The van der Waals surface area contributed by atoms with Crippen LogP contribution in [0, 0.1) is 6.92 Å². The molecule has 1 aromatic carbocycles. The number of aliphatic carboxylic acids is 1. The number of hydrogen-bond acceptors (Lipinski definition) is 5. The van der Waals surface area contributed by atoms with Crippen molar-refractivity contribution in [2.45, 2.75) is 45.1 Å². The van der Waals surface area contributed by atoms with Gasteiger partial charge in [-0.1, -0.05) is 6.42 Å². The van der Waals surface area contributed by atoms with E-state index in [1.807, 2.05) is 6.07 Å². The van der Waals surface area contributed by atoms with E-state index in [2.05, 4.69) is 10.3 Å². The van der Waals surface area contributed by atoms with Crippen molar-refractivity contribution >= 4 is 22.6 Å². The van der Waals surface area contributed by atoms with Gasteiger partial charge >= 0.3 is 5.97 Å². The highest BCUT2D eigenvalue weighted by Gasteiger charge is 2.20. The van der Waals surface area contributed by atoms with Gasteiger partial charge in [0.15, 0.2) is 11.4 Å². The fourth-order valence-corrected chi connectivity index (χ4v) is 3.28. The lowest BCUT2D eigenvalue weighted by Gasteiger charge is -2.23. The molecule has 7 nitrogen and oxygen atoms in total. The normalized spacial score (nSPS) is 15.0. The van der Waals surface area contributed by atoms with Gasteiger partial charge in [-0.25, -0.2) is 4.98 Å². The number of aryl methyl sites for hydroxylation is 1. The number of carbonyl (C=O) groups excluding carboxylic acids is 1. The third-order valence-corrected chi connectivity index (χ3v) is 4.61. The summed E-state index contributed by atoms with van der Waals surface area (Å²) in [5.41, 5.74) is 0.379. The van der Waals surface area contributed by atoms with Gasteiger partial charge in [0, 0.05) is 16.5 Å². The number of hydrogen-bond donors (Lipinski definition) is 3. The van der Waals surface area contributed by atoms with Crippen LogP contribution in [0.2, 0.25) is 0 Å². The minimum atomic E-state index is -1.17. The minimum absolute atomic E-state index is 0.183. The molecule has 26 heavy (non-hydrogen) atoms. The van der Waals surface area contributed by atoms with E-state index in [4.69, 9.17) is 9.84 Å². The molecule has 0 aliphatic heterocycles. The predicted molar refractivity (Wildman–Crippen MR) is 95.6 cm³/mol. The SMILES string of the molecule is Cc1nc(C(=O)NCC(=O)O)c(O)c2ccc(OC3CCCCC3)cc12. The number of nitrogens with one attached hydrogen (secondary N) is 1. The van der Waals surface area contributed by atoms with Crippen LogP contribution in [-0.4, -0.2) is 39.7 Å². The third-order valence-electron chi connectivity index (χ3n) is 4.61. The van der Waals surface area contributed by atoms with Gasteiger partial charge in [0.05, 0.1) is 6.10 Å². The van der Waals surface area contributed by atoms with Crippen LogP contribution in [0.1, 0.15) is 48.3 Å². The Morgan fingerprint density at radius 2 is 1.96 bits per heavy atom. The van der Waals surface area contributed by atoms with Crippen LogP contribution in [0.25, 0.3) is 10.8 Å². The van der Waals surface area contributed by atoms with E-state index in [0.717, 1.165) is 18.6 Å². The summed E-state index contributed by atoms with van der Waals surface area (Å²) in [6, 6.07) is 5.30. The summed E-state index contributed by atoms with van der Waals surface area (Å²) in [6.45, 7) is 1.20. The van der Waals surface area contributed by atoms with Crippen LogP contribution < -0.4 is 10.1 Å². The van der Waals surface area contributed by atoms with Crippen molar-refractivity contribution in [3.05, 3.63) is 29.6 Å². The highest BCUT2D eigenvalue weighted by atomic mass is 16.5. The molecular weight excluding hydrogens is 336 g/mol. The second kappa shape index (κ2) is 7.59. The highest BCUT2D eigenvalue weighted by molar-refractivity contribution is 6.03. The summed E-state index contributed by atoms with van der Waals surface area (Å²) in [5, 5.41) is 22.5. The molecule has 1 saturated carbocycles. The zero-order valence-electron chi connectivity index (χ0n) is 14.6. The maximum absolute atomic E-state index is 12.1. The lowest BCUT2D eigenvalue weighted by Crippen LogP contribution is -2.30. The van der Waals surface area contributed by atoms with Crippen molar-refractivity contribution < 1.29 is 24.5 Å². The summed E-state index contributed by atoms with van der Waals surface area (Å²) in [7, 11) is 0. The van der Waals surface area contributed by atoms with Crippen LogP contribution in [-0.2, 0) is 4.79 Å². The van der Waals surface area contributed by atoms with Crippen molar-refractivity contribution in [2.24, 2.45) is 0 Å². The Kier molecular flexibility index (Phi) is 5.25. The molecule has 1 fully saturated rings. The molecule has 138 valence electrons.